The van der Waals surface area contributed by atoms with Gasteiger partial charge < -0.3 is 0 Å². The summed E-state index contributed by atoms with van der Waals surface area (Å²) >= 11 is 9.34. The van der Waals surface area contributed by atoms with Crippen molar-refractivity contribution in [3.05, 3.63) is 75.2 Å². The SMILES string of the molecule is O=C(N/N=C\C(Cl)=C\c1ccccc1)c1ccccc1Br. The van der Waals surface area contributed by atoms with Crippen LogP contribution in [0.3, 0.4) is 0 Å². The van der Waals surface area contributed by atoms with Gasteiger partial charge in [-0.25, -0.2) is 5.43 Å². The number of hydrazone groups is 1. The summed E-state index contributed by atoms with van der Waals surface area (Å²) in [5.74, 6) is -0.303. The minimum atomic E-state index is -0.303. The molecule has 0 unspecified atom stereocenters. The van der Waals surface area contributed by atoms with E-state index in [4.69, 9.17) is 11.6 Å². The van der Waals surface area contributed by atoms with E-state index in [1.807, 2.05) is 36.4 Å². The Kier molecular flexibility index (Phi) is 5.72. The van der Waals surface area contributed by atoms with Gasteiger partial charge in [-0.05, 0) is 39.7 Å². The first kappa shape index (κ1) is 15.5. The minimum Gasteiger partial charge on any atom is -0.267 e. The summed E-state index contributed by atoms with van der Waals surface area (Å²) in [4.78, 5) is 11.9. The summed E-state index contributed by atoms with van der Waals surface area (Å²) in [6.45, 7) is 0. The Morgan fingerprint density at radius 2 is 1.76 bits per heavy atom. The maximum atomic E-state index is 11.9. The number of carbonyl (C=O) groups excluding carboxylic acids is 1. The Bertz CT molecular complexity index is 684. The van der Waals surface area contributed by atoms with Gasteiger partial charge in [0.1, 0.15) is 0 Å². The highest BCUT2D eigenvalue weighted by Gasteiger charge is 2.07. The number of carbonyl (C=O) groups is 1. The third kappa shape index (κ3) is 4.85. The summed E-state index contributed by atoms with van der Waals surface area (Å²) in [7, 11) is 0. The monoisotopic (exact) mass is 362 g/mol. The third-order valence-electron chi connectivity index (χ3n) is 2.58. The second-order valence-electron chi connectivity index (χ2n) is 4.12. The summed E-state index contributed by atoms with van der Waals surface area (Å²) in [5.41, 5.74) is 3.91. The standard InChI is InChI=1S/C16H12BrClN2O/c17-15-9-5-4-8-14(15)16(21)20-19-11-13(18)10-12-6-2-1-3-7-12/h1-11H,(H,20,21)/b13-10-,19-11-. The van der Waals surface area contributed by atoms with Crippen LogP contribution < -0.4 is 5.43 Å². The maximum Gasteiger partial charge on any atom is 0.272 e. The Hall–Kier alpha value is -1.91. The van der Waals surface area contributed by atoms with E-state index in [-0.39, 0.29) is 5.91 Å². The average molecular weight is 364 g/mol. The molecule has 0 spiro atoms. The molecule has 0 aromatic heterocycles. The lowest BCUT2D eigenvalue weighted by atomic mass is 10.2. The molecular formula is C16H12BrClN2O. The van der Waals surface area contributed by atoms with Crippen LogP contribution in [0, 0.1) is 0 Å². The quantitative estimate of drug-likeness (QED) is 0.633. The topological polar surface area (TPSA) is 41.5 Å². The van der Waals surface area contributed by atoms with Gasteiger partial charge in [-0.2, -0.15) is 5.10 Å². The Morgan fingerprint density at radius 1 is 1.10 bits per heavy atom. The lowest BCUT2D eigenvalue weighted by Crippen LogP contribution is -2.17. The molecule has 3 nitrogen and oxygen atoms in total. The van der Waals surface area contributed by atoms with E-state index in [1.54, 1.807) is 24.3 Å². The smallest absolute Gasteiger partial charge is 0.267 e. The maximum absolute atomic E-state index is 11.9. The molecule has 1 N–H and O–H groups in total. The molecule has 0 aliphatic heterocycles. The second-order valence-corrected chi connectivity index (χ2v) is 5.41. The van der Waals surface area contributed by atoms with Crippen LogP contribution in [0.5, 0.6) is 0 Å². The molecule has 5 heteroatoms. The number of hydrogen-bond donors (Lipinski definition) is 1. The van der Waals surface area contributed by atoms with E-state index >= 15 is 0 Å². The Balaban J connectivity index is 1.98. The zero-order chi connectivity index (χ0) is 15.1. The van der Waals surface area contributed by atoms with E-state index in [0.29, 0.717) is 15.1 Å². The molecular weight excluding hydrogens is 352 g/mol. The molecule has 21 heavy (non-hydrogen) atoms. The van der Waals surface area contributed by atoms with Crippen molar-refractivity contribution in [2.45, 2.75) is 0 Å². The van der Waals surface area contributed by atoms with Gasteiger partial charge in [0.25, 0.3) is 5.91 Å². The van der Waals surface area contributed by atoms with Crippen molar-refractivity contribution in [2.24, 2.45) is 5.10 Å². The van der Waals surface area contributed by atoms with Crippen LogP contribution in [0.4, 0.5) is 0 Å². The molecule has 0 fully saturated rings. The highest BCUT2D eigenvalue weighted by atomic mass is 79.9. The van der Waals surface area contributed by atoms with Crippen LogP contribution in [-0.2, 0) is 0 Å². The molecule has 0 heterocycles. The van der Waals surface area contributed by atoms with Gasteiger partial charge in [-0.3, -0.25) is 4.79 Å². The van der Waals surface area contributed by atoms with Crippen LogP contribution >= 0.6 is 27.5 Å². The number of hydrogen-bond acceptors (Lipinski definition) is 2. The lowest BCUT2D eigenvalue weighted by molar-refractivity contribution is 0.0954. The van der Waals surface area contributed by atoms with Crippen molar-refractivity contribution in [1.82, 2.24) is 5.43 Å². The third-order valence-corrected chi connectivity index (χ3v) is 3.47. The molecule has 0 saturated heterocycles. The Morgan fingerprint density at radius 3 is 2.48 bits per heavy atom. The number of halogens is 2. The van der Waals surface area contributed by atoms with Gasteiger partial charge in [-0.15, -0.1) is 0 Å². The minimum absolute atomic E-state index is 0.303. The van der Waals surface area contributed by atoms with Gasteiger partial charge in [0, 0.05) is 4.47 Å². The fraction of sp³-hybridized carbons (Fsp3) is 0. The molecule has 2 aromatic carbocycles. The van der Waals surface area contributed by atoms with Crippen LogP contribution in [0.2, 0.25) is 0 Å². The first-order valence-corrected chi connectivity index (χ1v) is 7.34. The van der Waals surface area contributed by atoms with E-state index in [0.717, 1.165) is 5.56 Å². The first-order valence-electron chi connectivity index (χ1n) is 6.17. The molecule has 0 bridgehead atoms. The van der Waals surface area contributed by atoms with Crippen LogP contribution in [0.15, 0.2) is 69.2 Å². The summed E-state index contributed by atoms with van der Waals surface area (Å²) in [5, 5.41) is 4.26. The molecule has 0 radical (unpaired) electrons. The first-order chi connectivity index (χ1) is 10.2. The summed E-state index contributed by atoms with van der Waals surface area (Å²) in [6.07, 6.45) is 3.15. The number of rotatable bonds is 4. The van der Waals surface area contributed by atoms with Crippen molar-refractivity contribution in [1.29, 1.82) is 0 Å². The van der Waals surface area contributed by atoms with Gasteiger partial charge in [-0.1, -0.05) is 54.1 Å². The van der Waals surface area contributed by atoms with Crippen LogP contribution in [0.1, 0.15) is 15.9 Å². The molecule has 2 rings (SSSR count). The van der Waals surface area contributed by atoms with Crippen molar-refractivity contribution < 1.29 is 4.79 Å². The fourth-order valence-electron chi connectivity index (χ4n) is 1.60. The predicted octanol–water partition coefficient (Wildman–Crippen LogP) is 4.44. The predicted molar refractivity (Wildman–Crippen MR) is 90.4 cm³/mol. The van der Waals surface area contributed by atoms with E-state index in [9.17, 15) is 4.79 Å². The van der Waals surface area contributed by atoms with Gasteiger partial charge in [0.05, 0.1) is 16.8 Å². The normalized spacial score (nSPS) is 11.6. The summed E-state index contributed by atoms with van der Waals surface area (Å²) in [6, 6.07) is 16.7. The van der Waals surface area contributed by atoms with Gasteiger partial charge in [0.15, 0.2) is 0 Å². The number of amides is 1. The molecule has 2 aromatic rings. The zero-order valence-corrected chi connectivity index (χ0v) is 13.3. The highest BCUT2D eigenvalue weighted by molar-refractivity contribution is 9.10. The molecule has 0 aliphatic rings. The zero-order valence-electron chi connectivity index (χ0n) is 11.0. The van der Waals surface area contributed by atoms with Gasteiger partial charge >= 0.3 is 0 Å². The van der Waals surface area contributed by atoms with Crippen LogP contribution in [0.25, 0.3) is 6.08 Å². The number of nitrogens with zero attached hydrogens (tertiary/aromatic N) is 1. The fourth-order valence-corrected chi connectivity index (χ4v) is 2.24. The van der Waals surface area contributed by atoms with Crippen LogP contribution in [-0.4, -0.2) is 12.1 Å². The highest BCUT2D eigenvalue weighted by Crippen LogP contribution is 2.15. The van der Waals surface area contributed by atoms with Gasteiger partial charge in [0.2, 0.25) is 0 Å². The van der Waals surface area contributed by atoms with Crippen molar-refractivity contribution >= 4 is 45.7 Å². The largest absolute Gasteiger partial charge is 0.272 e. The summed E-state index contributed by atoms with van der Waals surface area (Å²) < 4.78 is 0.712. The van der Waals surface area contributed by atoms with Crippen molar-refractivity contribution in [2.75, 3.05) is 0 Å². The molecule has 0 aliphatic carbocycles. The van der Waals surface area contributed by atoms with Crippen molar-refractivity contribution in [3.63, 3.8) is 0 Å². The lowest BCUT2D eigenvalue weighted by Gasteiger charge is -2.01. The molecule has 0 saturated carbocycles. The molecule has 106 valence electrons. The number of nitrogens with one attached hydrogen (secondary N) is 1. The molecule has 1 amide bonds. The number of benzene rings is 2. The molecule has 0 atom stereocenters. The Labute approximate surface area is 136 Å². The van der Waals surface area contributed by atoms with E-state index in [2.05, 4.69) is 26.5 Å². The number of allylic oxidation sites excluding steroid dienone is 1. The average Bonchev–Trinajstić information content (AvgIpc) is 2.48. The van der Waals surface area contributed by atoms with Crippen molar-refractivity contribution in [3.8, 4) is 0 Å². The van der Waals surface area contributed by atoms with E-state index in [1.165, 1.54) is 6.21 Å². The second kappa shape index (κ2) is 7.76. The van der Waals surface area contributed by atoms with E-state index < -0.39 is 0 Å².